The number of benzene rings is 2. The third-order valence-corrected chi connectivity index (χ3v) is 4.67. The minimum atomic E-state index is -0.327. The first-order valence-electron chi connectivity index (χ1n) is 7.75. The van der Waals surface area contributed by atoms with Crippen molar-refractivity contribution in [1.82, 2.24) is 9.97 Å². The second-order valence-electron chi connectivity index (χ2n) is 5.37. The van der Waals surface area contributed by atoms with Crippen molar-refractivity contribution in [2.75, 3.05) is 19.5 Å². The summed E-state index contributed by atoms with van der Waals surface area (Å²) in [7, 11) is 3.20. The van der Waals surface area contributed by atoms with Crippen molar-refractivity contribution in [3.8, 4) is 11.5 Å². The molecule has 2 N–H and O–H groups in total. The van der Waals surface area contributed by atoms with Crippen molar-refractivity contribution in [1.29, 1.82) is 0 Å². The van der Waals surface area contributed by atoms with Crippen LogP contribution in [0.1, 0.15) is 6.92 Å². The smallest absolute Gasteiger partial charge is 0.237 e. The summed E-state index contributed by atoms with van der Waals surface area (Å²) in [5.74, 6) is 1.27. The van der Waals surface area contributed by atoms with Gasteiger partial charge < -0.3 is 19.8 Å². The van der Waals surface area contributed by atoms with E-state index in [1.54, 1.807) is 20.3 Å². The molecule has 2 aromatic carbocycles. The first-order valence-corrected chi connectivity index (χ1v) is 8.63. The standard InChI is InChI=1S/C18H19N3O3S/c1-11(17(22)19-14-6-4-5-7-16(14)24-3)25-18-20-13-9-8-12(23-2)10-15(13)21-18/h4-11H,1-3H3,(H,19,22)(H,20,21)/t11-/m0/s1. The van der Waals surface area contributed by atoms with Gasteiger partial charge in [0.15, 0.2) is 5.16 Å². The van der Waals surface area contributed by atoms with Crippen molar-refractivity contribution in [2.45, 2.75) is 17.3 Å². The Kier molecular flexibility index (Phi) is 5.14. The van der Waals surface area contributed by atoms with Gasteiger partial charge in [0.25, 0.3) is 0 Å². The minimum Gasteiger partial charge on any atom is -0.497 e. The third-order valence-electron chi connectivity index (χ3n) is 3.69. The lowest BCUT2D eigenvalue weighted by Gasteiger charge is -2.13. The number of hydrogen-bond acceptors (Lipinski definition) is 5. The monoisotopic (exact) mass is 357 g/mol. The minimum absolute atomic E-state index is 0.118. The summed E-state index contributed by atoms with van der Waals surface area (Å²) in [5.41, 5.74) is 2.36. The van der Waals surface area contributed by atoms with Gasteiger partial charge in [0, 0.05) is 6.07 Å². The lowest BCUT2D eigenvalue weighted by Crippen LogP contribution is -2.22. The molecule has 0 aliphatic carbocycles. The van der Waals surface area contributed by atoms with Crippen molar-refractivity contribution in [3.05, 3.63) is 42.5 Å². The number of imidazole rings is 1. The van der Waals surface area contributed by atoms with Gasteiger partial charge in [-0.2, -0.15) is 0 Å². The van der Waals surface area contributed by atoms with Crippen molar-refractivity contribution in [2.24, 2.45) is 0 Å². The van der Waals surface area contributed by atoms with Crippen molar-refractivity contribution in [3.63, 3.8) is 0 Å². The maximum atomic E-state index is 12.5. The summed E-state index contributed by atoms with van der Waals surface area (Å²) in [5, 5.41) is 3.25. The number of H-pyrrole nitrogens is 1. The Hall–Kier alpha value is -2.67. The largest absolute Gasteiger partial charge is 0.497 e. The topological polar surface area (TPSA) is 76.2 Å². The van der Waals surface area contributed by atoms with Crippen LogP contribution < -0.4 is 14.8 Å². The number of carbonyl (C=O) groups excluding carboxylic acids is 1. The van der Waals surface area contributed by atoms with E-state index >= 15 is 0 Å². The highest BCUT2D eigenvalue weighted by molar-refractivity contribution is 8.00. The molecule has 130 valence electrons. The highest BCUT2D eigenvalue weighted by Gasteiger charge is 2.18. The molecule has 0 radical (unpaired) electrons. The number of rotatable bonds is 6. The normalized spacial score (nSPS) is 12.0. The van der Waals surface area contributed by atoms with Crippen LogP contribution >= 0.6 is 11.8 Å². The number of carbonyl (C=O) groups is 1. The summed E-state index contributed by atoms with van der Waals surface area (Å²) in [6, 6.07) is 12.9. The fourth-order valence-corrected chi connectivity index (χ4v) is 3.17. The zero-order chi connectivity index (χ0) is 17.8. The molecular weight excluding hydrogens is 338 g/mol. The Morgan fingerprint density at radius 1 is 1.20 bits per heavy atom. The molecule has 6 nitrogen and oxygen atoms in total. The number of para-hydroxylation sites is 2. The van der Waals surface area contributed by atoms with Crippen LogP contribution in [0.25, 0.3) is 11.0 Å². The quantitative estimate of drug-likeness (QED) is 0.658. The SMILES string of the molecule is COc1ccc2nc(S[C@@H](C)C(=O)Nc3ccccc3OC)[nH]c2c1. The van der Waals surface area contributed by atoms with Crippen LogP contribution in [0.2, 0.25) is 0 Å². The van der Waals surface area contributed by atoms with Gasteiger partial charge in [0.2, 0.25) is 5.91 Å². The van der Waals surface area contributed by atoms with Crippen molar-refractivity contribution >= 4 is 34.4 Å². The molecule has 0 aliphatic heterocycles. The molecule has 0 bridgehead atoms. The molecule has 0 spiro atoms. The second kappa shape index (κ2) is 7.48. The second-order valence-corrected chi connectivity index (χ2v) is 6.70. The average Bonchev–Trinajstić information content (AvgIpc) is 3.03. The Bertz CT molecular complexity index is 894. The van der Waals surface area contributed by atoms with Crippen LogP contribution in [0.3, 0.4) is 0 Å². The van der Waals surface area contributed by atoms with Gasteiger partial charge in [-0.1, -0.05) is 23.9 Å². The number of aromatic nitrogens is 2. The fourth-order valence-electron chi connectivity index (χ4n) is 2.35. The van der Waals surface area contributed by atoms with Crippen LogP contribution in [-0.4, -0.2) is 35.3 Å². The highest BCUT2D eigenvalue weighted by atomic mass is 32.2. The van der Waals surface area contributed by atoms with Gasteiger partial charge in [0.1, 0.15) is 11.5 Å². The van der Waals surface area contributed by atoms with Crippen LogP contribution in [0.5, 0.6) is 11.5 Å². The molecule has 0 unspecified atom stereocenters. The summed E-state index contributed by atoms with van der Waals surface area (Å²) in [6.07, 6.45) is 0. The summed E-state index contributed by atoms with van der Waals surface area (Å²) in [4.78, 5) is 20.2. The maximum absolute atomic E-state index is 12.5. The Balaban J connectivity index is 1.70. The number of nitrogens with zero attached hydrogens (tertiary/aromatic N) is 1. The number of fused-ring (bicyclic) bond motifs is 1. The van der Waals surface area contributed by atoms with Crippen molar-refractivity contribution < 1.29 is 14.3 Å². The number of anilines is 1. The Morgan fingerprint density at radius 3 is 2.76 bits per heavy atom. The maximum Gasteiger partial charge on any atom is 0.237 e. The molecule has 1 atom stereocenters. The van der Waals surface area contributed by atoms with E-state index in [-0.39, 0.29) is 11.2 Å². The number of methoxy groups -OCH3 is 2. The van der Waals surface area contributed by atoms with E-state index in [4.69, 9.17) is 9.47 Å². The van der Waals surface area contributed by atoms with Gasteiger partial charge in [-0.15, -0.1) is 0 Å². The van der Waals surface area contributed by atoms with Gasteiger partial charge >= 0.3 is 0 Å². The number of aromatic amines is 1. The molecule has 7 heteroatoms. The zero-order valence-electron chi connectivity index (χ0n) is 14.2. The predicted octanol–water partition coefficient (Wildman–Crippen LogP) is 3.70. The zero-order valence-corrected chi connectivity index (χ0v) is 15.0. The fraction of sp³-hybridized carbons (Fsp3) is 0.222. The molecule has 0 saturated heterocycles. The molecule has 3 aromatic rings. The Morgan fingerprint density at radius 2 is 2.00 bits per heavy atom. The predicted molar refractivity (Wildman–Crippen MR) is 99.6 cm³/mol. The molecule has 0 saturated carbocycles. The molecule has 1 aromatic heterocycles. The molecule has 1 heterocycles. The number of hydrogen-bond donors (Lipinski definition) is 2. The molecular formula is C18H19N3O3S. The van der Waals surface area contributed by atoms with Gasteiger partial charge in [-0.05, 0) is 31.2 Å². The van der Waals surface area contributed by atoms with E-state index in [0.29, 0.717) is 16.6 Å². The van der Waals surface area contributed by atoms with Crippen LogP contribution in [0.4, 0.5) is 5.69 Å². The molecule has 3 rings (SSSR count). The molecule has 1 amide bonds. The third kappa shape index (κ3) is 3.88. The number of amides is 1. The summed E-state index contributed by atoms with van der Waals surface area (Å²) < 4.78 is 10.5. The first kappa shape index (κ1) is 17.2. The number of ether oxygens (including phenoxy) is 2. The molecule has 25 heavy (non-hydrogen) atoms. The lowest BCUT2D eigenvalue weighted by atomic mass is 10.3. The van der Waals surface area contributed by atoms with E-state index in [9.17, 15) is 4.79 Å². The van der Waals surface area contributed by atoms with E-state index < -0.39 is 0 Å². The van der Waals surface area contributed by atoms with Gasteiger partial charge in [0.05, 0.1) is 36.2 Å². The van der Waals surface area contributed by atoms with E-state index in [1.807, 2.05) is 43.3 Å². The Labute approximate surface area is 149 Å². The van der Waals surface area contributed by atoms with Crippen LogP contribution in [-0.2, 0) is 4.79 Å². The average molecular weight is 357 g/mol. The number of nitrogens with one attached hydrogen (secondary N) is 2. The van der Waals surface area contributed by atoms with Gasteiger partial charge in [-0.25, -0.2) is 4.98 Å². The summed E-state index contributed by atoms with van der Waals surface area (Å²) in [6.45, 7) is 1.84. The molecule has 0 fully saturated rings. The van der Waals surface area contributed by atoms with Crippen LogP contribution in [0.15, 0.2) is 47.6 Å². The highest BCUT2D eigenvalue weighted by Crippen LogP contribution is 2.28. The van der Waals surface area contributed by atoms with Crippen LogP contribution in [0, 0.1) is 0 Å². The first-order chi connectivity index (χ1) is 12.1. The van der Waals surface area contributed by atoms with Gasteiger partial charge in [-0.3, -0.25) is 4.79 Å². The van der Waals surface area contributed by atoms with E-state index in [2.05, 4.69) is 15.3 Å². The van der Waals surface area contributed by atoms with E-state index in [1.165, 1.54) is 11.8 Å². The number of thioether (sulfide) groups is 1. The summed E-state index contributed by atoms with van der Waals surface area (Å²) >= 11 is 1.36. The molecule has 0 aliphatic rings. The van der Waals surface area contributed by atoms with E-state index in [0.717, 1.165) is 16.8 Å². The lowest BCUT2D eigenvalue weighted by molar-refractivity contribution is -0.115.